The summed E-state index contributed by atoms with van der Waals surface area (Å²) >= 11 is 0. The van der Waals surface area contributed by atoms with Crippen molar-refractivity contribution in [1.29, 1.82) is 0 Å². The number of hydrogen-bond acceptors (Lipinski definition) is 5. The number of benzene rings is 1. The Morgan fingerprint density at radius 3 is 2.67 bits per heavy atom. The summed E-state index contributed by atoms with van der Waals surface area (Å²) in [6.07, 6.45) is -3.74. The first kappa shape index (κ1) is 20.8. The lowest BCUT2D eigenvalue weighted by Gasteiger charge is -2.39. The number of halogens is 3. The molecule has 3 heterocycles. The number of nitrogens with two attached hydrogens (primary N) is 1. The van der Waals surface area contributed by atoms with E-state index >= 15 is 0 Å². The van der Waals surface area contributed by atoms with Crippen molar-refractivity contribution in [2.24, 2.45) is 5.73 Å². The quantitative estimate of drug-likeness (QED) is 0.711. The number of nitrogens with zero attached hydrogens (tertiary/aromatic N) is 2. The monoisotopic (exact) mass is 424 g/mol. The Morgan fingerprint density at radius 2 is 2.00 bits per heavy atom. The Bertz CT molecular complexity index is 904. The molecule has 3 amide bonds. The number of alkyl halides is 3. The third-order valence-corrected chi connectivity index (χ3v) is 6.53. The topological polar surface area (TPSA) is 95.7 Å². The highest BCUT2D eigenvalue weighted by molar-refractivity contribution is 6.05. The molecule has 0 aromatic heterocycles. The molecule has 10 heteroatoms. The third kappa shape index (κ3) is 3.18. The number of carbonyl (C=O) groups excluding carboxylic acids is 3. The van der Waals surface area contributed by atoms with Crippen LogP contribution in [0.3, 0.4) is 0 Å². The largest absolute Gasteiger partial charge is 0.408 e. The van der Waals surface area contributed by atoms with E-state index in [-0.39, 0.29) is 50.7 Å². The first-order chi connectivity index (χ1) is 14.2. The average molecular weight is 424 g/mol. The van der Waals surface area contributed by atoms with Crippen molar-refractivity contribution >= 4 is 17.7 Å². The summed E-state index contributed by atoms with van der Waals surface area (Å²) in [7, 11) is 0. The molecular weight excluding hydrogens is 401 g/mol. The number of nitrogens with one attached hydrogen (secondary N) is 1. The van der Waals surface area contributed by atoms with Crippen LogP contribution in [0.5, 0.6) is 0 Å². The van der Waals surface area contributed by atoms with Crippen molar-refractivity contribution in [1.82, 2.24) is 15.1 Å². The number of hydrogen-bond donors (Lipinski definition) is 2. The number of fused-ring (bicyclic) bond motifs is 1. The van der Waals surface area contributed by atoms with E-state index in [1.165, 1.54) is 9.80 Å². The molecule has 7 nitrogen and oxygen atoms in total. The number of likely N-dealkylation sites (tertiary alicyclic amines) is 1. The van der Waals surface area contributed by atoms with Gasteiger partial charge in [0.2, 0.25) is 11.8 Å². The van der Waals surface area contributed by atoms with Crippen LogP contribution in [-0.4, -0.2) is 58.4 Å². The van der Waals surface area contributed by atoms with E-state index in [1.807, 2.05) is 0 Å². The second kappa shape index (κ2) is 7.35. The maximum Gasteiger partial charge on any atom is 0.408 e. The molecule has 3 aliphatic rings. The molecule has 0 radical (unpaired) electrons. The van der Waals surface area contributed by atoms with Crippen LogP contribution in [0.4, 0.5) is 13.2 Å². The maximum atomic E-state index is 13.8. The van der Waals surface area contributed by atoms with E-state index in [0.717, 1.165) is 0 Å². The van der Waals surface area contributed by atoms with Crippen LogP contribution in [0.2, 0.25) is 0 Å². The SMILES string of the molecule is NCC1(C(F)(F)F)CCCN1Cc1cccc2c1CN(C1CCC(=O)NC1=O)C2=O. The predicted octanol–water partition coefficient (Wildman–Crippen LogP) is 1.30. The normalized spacial score (nSPS) is 27.5. The van der Waals surface area contributed by atoms with Gasteiger partial charge in [-0.25, -0.2) is 0 Å². The molecule has 2 atom stereocenters. The van der Waals surface area contributed by atoms with Gasteiger partial charge in [-0.1, -0.05) is 12.1 Å². The van der Waals surface area contributed by atoms with Crippen LogP contribution in [0, 0.1) is 0 Å². The fourth-order valence-corrected chi connectivity index (χ4v) is 4.84. The van der Waals surface area contributed by atoms with E-state index in [2.05, 4.69) is 5.32 Å². The average Bonchev–Trinajstić information content (AvgIpc) is 3.24. The predicted molar refractivity (Wildman–Crippen MR) is 100.0 cm³/mol. The molecule has 162 valence electrons. The highest BCUT2D eigenvalue weighted by Crippen LogP contribution is 2.43. The van der Waals surface area contributed by atoms with Crippen molar-refractivity contribution in [2.75, 3.05) is 13.1 Å². The first-order valence-corrected chi connectivity index (χ1v) is 9.95. The fraction of sp³-hybridized carbons (Fsp3) is 0.550. The molecule has 0 bridgehead atoms. The van der Waals surface area contributed by atoms with Crippen LogP contribution >= 0.6 is 0 Å². The highest BCUT2D eigenvalue weighted by atomic mass is 19.4. The molecule has 0 spiro atoms. The summed E-state index contributed by atoms with van der Waals surface area (Å²) in [6.45, 7) is -0.0967. The lowest BCUT2D eigenvalue weighted by atomic mass is 9.94. The Hall–Kier alpha value is -2.46. The van der Waals surface area contributed by atoms with Gasteiger partial charge in [-0.3, -0.25) is 24.6 Å². The zero-order valence-corrected chi connectivity index (χ0v) is 16.3. The van der Waals surface area contributed by atoms with Gasteiger partial charge < -0.3 is 10.6 Å². The molecule has 1 aromatic carbocycles. The van der Waals surface area contributed by atoms with E-state index < -0.39 is 30.2 Å². The van der Waals surface area contributed by atoms with Gasteiger partial charge in [-0.2, -0.15) is 13.2 Å². The van der Waals surface area contributed by atoms with Crippen LogP contribution in [0.15, 0.2) is 18.2 Å². The Kier molecular flexibility index (Phi) is 5.09. The molecule has 1 aromatic rings. The van der Waals surface area contributed by atoms with Gasteiger partial charge >= 0.3 is 6.18 Å². The smallest absolute Gasteiger partial charge is 0.328 e. The van der Waals surface area contributed by atoms with E-state index in [9.17, 15) is 27.6 Å². The van der Waals surface area contributed by atoms with E-state index in [0.29, 0.717) is 23.1 Å². The Balaban J connectivity index is 1.61. The molecule has 3 N–H and O–H groups in total. The second-order valence-electron chi connectivity index (χ2n) is 8.10. The number of carbonyl (C=O) groups is 3. The molecule has 4 rings (SSSR count). The minimum Gasteiger partial charge on any atom is -0.328 e. The molecule has 2 saturated heterocycles. The molecule has 0 saturated carbocycles. The number of amides is 3. The fourth-order valence-electron chi connectivity index (χ4n) is 4.84. The molecule has 2 fully saturated rings. The molecule has 3 aliphatic heterocycles. The van der Waals surface area contributed by atoms with Crippen molar-refractivity contribution in [3.05, 3.63) is 34.9 Å². The summed E-state index contributed by atoms with van der Waals surface area (Å²) in [6, 6.07) is 4.22. The Labute approximate surface area is 171 Å². The van der Waals surface area contributed by atoms with Crippen molar-refractivity contribution in [2.45, 2.75) is 56.5 Å². The summed E-state index contributed by atoms with van der Waals surface area (Å²) in [4.78, 5) is 39.3. The summed E-state index contributed by atoms with van der Waals surface area (Å²) in [5, 5.41) is 2.24. The second-order valence-corrected chi connectivity index (χ2v) is 8.10. The van der Waals surface area contributed by atoms with Crippen molar-refractivity contribution in [3.8, 4) is 0 Å². The van der Waals surface area contributed by atoms with Gasteiger partial charge in [-0.15, -0.1) is 0 Å². The zero-order chi connectivity index (χ0) is 21.7. The maximum absolute atomic E-state index is 13.8. The van der Waals surface area contributed by atoms with Crippen LogP contribution in [0.1, 0.15) is 47.2 Å². The van der Waals surface area contributed by atoms with Gasteiger partial charge in [-0.05, 0) is 43.0 Å². The van der Waals surface area contributed by atoms with Gasteiger partial charge in [0, 0.05) is 31.6 Å². The molecule has 30 heavy (non-hydrogen) atoms. The van der Waals surface area contributed by atoms with E-state index in [1.54, 1.807) is 18.2 Å². The van der Waals surface area contributed by atoms with Crippen LogP contribution < -0.4 is 11.1 Å². The number of piperidine rings is 1. The Morgan fingerprint density at radius 1 is 1.23 bits per heavy atom. The lowest BCUT2D eigenvalue weighted by molar-refractivity contribution is -0.221. The van der Waals surface area contributed by atoms with E-state index in [4.69, 9.17) is 5.73 Å². The van der Waals surface area contributed by atoms with Gasteiger partial charge in [0.15, 0.2) is 0 Å². The summed E-state index contributed by atoms with van der Waals surface area (Å²) in [5.74, 6) is -1.24. The number of imide groups is 1. The standard InChI is InChI=1S/C20H23F3N4O3/c21-20(22,23)19(11-24)7-2-8-26(19)9-12-3-1-4-13-14(12)10-27(18(13)30)15-5-6-16(28)25-17(15)29/h1,3-4,15H,2,5-11,24H2,(H,25,28,29). The lowest BCUT2D eigenvalue weighted by Crippen LogP contribution is -2.59. The van der Waals surface area contributed by atoms with Crippen molar-refractivity contribution in [3.63, 3.8) is 0 Å². The van der Waals surface area contributed by atoms with Crippen LogP contribution in [-0.2, 0) is 22.7 Å². The zero-order valence-electron chi connectivity index (χ0n) is 16.3. The number of rotatable bonds is 4. The molecular formula is C20H23F3N4O3. The van der Waals surface area contributed by atoms with Gasteiger partial charge in [0.25, 0.3) is 5.91 Å². The molecule has 0 aliphatic carbocycles. The van der Waals surface area contributed by atoms with Gasteiger partial charge in [0.1, 0.15) is 11.6 Å². The minimum absolute atomic E-state index is 0.0242. The van der Waals surface area contributed by atoms with Crippen LogP contribution in [0.25, 0.3) is 0 Å². The van der Waals surface area contributed by atoms with Crippen molar-refractivity contribution < 1.29 is 27.6 Å². The highest BCUT2D eigenvalue weighted by Gasteiger charge is 2.59. The first-order valence-electron chi connectivity index (χ1n) is 9.95. The minimum atomic E-state index is -4.45. The van der Waals surface area contributed by atoms with Gasteiger partial charge in [0.05, 0.1) is 0 Å². The summed E-state index contributed by atoms with van der Waals surface area (Å²) in [5.41, 5.74) is 5.16. The molecule has 2 unspecified atom stereocenters. The third-order valence-electron chi connectivity index (χ3n) is 6.53. The summed E-state index contributed by atoms with van der Waals surface area (Å²) < 4.78 is 41.5.